The number of rotatable bonds is 2. The second-order valence-corrected chi connectivity index (χ2v) is 5.40. The van der Waals surface area contributed by atoms with Crippen molar-refractivity contribution in [2.45, 2.75) is 11.3 Å². The number of halogens is 8. The van der Waals surface area contributed by atoms with Crippen molar-refractivity contribution >= 4 is 10.2 Å². The summed E-state index contributed by atoms with van der Waals surface area (Å²) < 4.78 is 98.9. The second-order valence-electron chi connectivity index (χ2n) is 2.99. The topological polar surface area (TPSA) is 9.23 Å². The van der Waals surface area contributed by atoms with Gasteiger partial charge in [0.05, 0.1) is 0 Å². The van der Waals surface area contributed by atoms with Crippen LogP contribution in [0, 0.1) is 0 Å². The maximum atomic E-state index is 12.2. The maximum absolute atomic E-state index is 12.2. The van der Waals surface area contributed by atoms with Crippen LogP contribution in [0.25, 0.3) is 0 Å². The quantitative estimate of drug-likeness (QED) is 0.676. The molecular formula is C7H4F8OS. The van der Waals surface area contributed by atoms with Crippen molar-refractivity contribution in [2.24, 2.45) is 0 Å². The molecule has 0 aliphatic rings. The van der Waals surface area contributed by atoms with Gasteiger partial charge in [-0.05, 0) is 24.3 Å². The maximum Gasteiger partial charge on any atom is 0.573 e. The highest BCUT2D eigenvalue weighted by Gasteiger charge is 2.65. The van der Waals surface area contributed by atoms with Crippen molar-refractivity contribution < 1.29 is 37.3 Å². The third-order valence-corrected chi connectivity index (χ3v) is 2.67. The van der Waals surface area contributed by atoms with Gasteiger partial charge in [-0.1, -0.05) is 19.4 Å². The van der Waals surface area contributed by atoms with Crippen molar-refractivity contribution in [1.29, 1.82) is 0 Å². The molecule has 10 heteroatoms. The minimum Gasteiger partial charge on any atom is -0.406 e. The summed E-state index contributed by atoms with van der Waals surface area (Å²) in [4.78, 5) is -2.28. The molecule has 0 saturated carbocycles. The van der Waals surface area contributed by atoms with Crippen molar-refractivity contribution in [1.82, 2.24) is 0 Å². The molecule has 0 amide bonds. The number of hydrogen-bond donors (Lipinski definition) is 0. The Hall–Kier alpha value is -1.19. The van der Waals surface area contributed by atoms with E-state index in [-0.39, 0.29) is 24.3 Å². The van der Waals surface area contributed by atoms with E-state index < -0.39 is 27.2 Å². The fourth-order valence-electron chi connectivity index (χ4n) is 0.898. The van der Waals surface area contributed by atoms with E-state index in [2.05, 4.69) is 4.74 Å². The van der Waals surface area contributed by atoms with Crippen LogP contribution in [0.4, 0.5) is 32.6 Å². The van der Waals surface area contributed by atoms with Crippen LogP contribution < -0.4 is 4.74 Å². The average molecular weight is 288 g/mol. The van der Waals surface area contributed by atoms with Gasteiger partial charge in [0.15, 0.2) is 0 Å². The average Bonchev–Trinajstić information content (AvgIpc) is 1.97. The number of benzene rings is 1. The summed E-state index contributed by atoms with van der Waals surface area (Å²) in [5, 5.41) is 0. The van der Waals surface area contributed by atoms with Crippen molar-refractivity contribution in [3.8, 4) is 5.75 Å². The van der Waals surface area contributed by atoms with Gasteiger partial charge in [0.1, 0.15) is 10.6 Å². The van der Waals surface area contributed by atoms with Crippen LogP contribution in [0.5, 0.6) is 5.75 Å². The molecule has 100 valence electrons. The molecule has 17 heavy (non-hydrogen) atoms. The normalized spacial score (nSPS) is 17.2. The summed E-state index contributed by atoms with van der Waals surface area (Å²) in [6, 6.07) is 0.00665. The Balaban J connectivity index is 3.07. The molecule has 0 aromatic heterocycles. The summed E-state index contributed by atoms with van der Waals surface area (Å²) in [7, 11) is -9.85. The van der Waals surface area contributed by atoms with Gasteiger partial charge in [-0.2, -0.15) is 0 Å². The molecule has 0 heterocycles. The highest BCUT2D eigenvalue weighted by Crippen LogP contribution is 3.02. The van der Waals surface area contributed by atoms with E-state index in [1.807, 2.05) is 0 Å². The van der Waals surface area contributed by atoms with Crippen LogP contribution >= 0.6 is 10.2 Å². The lowest BCUT2D eigenvalue weighted by atomic mass is 10.3. The predicted octanol–water partition coefficient (Wildman–Crippen LogP) is 5.24. The minimum absolute atomic E-state index is 0.164. The molecule has 1 aromatic carbocycles. The molecule has 0 aliphatic heterocycles. The number of ether oxygens (including phenoxy) is 1. The third kappa shape index (κ3) is 4.29. The Morgan fingerprint density at radius 2 is 1.24 bits per heavy atom. The van der Waals surface area contributed by atoms with Crippen LogP contribution in [0.1, 0.15) is 0 Å². The Morgan fingerprint density at radius 3 is 1.53 bits per heavy atom. The first-order chi connectivity index (χ1) is 7.17. The van der Waals surface area contributed by atoms with E-state index in [1.54, 1.807) is 0 Å². The molecule has 1 rings (SSSR count). The van der Waals surface area contributed by atoms with Gasteiger partial charge in [0.2, 0.25) is 0 Å². The van der Waals surface area contributed by atoms with Gasteiger partial charge in [-0.25, -0.2) is 0 Å². The summed E-state index contributed by atoms with van der Waals surface area (Å²) >= 11 is 0. The Morgan fingerprint density at radius 1 is 0.824 bits per heavy atom. The van der Waals surface area contributed by atoms with Gasteiger partial charge in [0, 0.05) is 0 Å². The van der Waals surface area contributed by atoms with Crippen molar-refractivity contribution in [3.63, 3.8) is 0 Å². The van der Waals surface area contributed by atoms with E-state index in [1.165, 1.54) is 0 Å². The first kappa shape index (κ1) is 13.9. The van der Waals surface area contributed by atoms with Gasteiger partial charge in [0.25, 0.3) is 0 Å². The molecule has 0 bridgehead atoms. The lowest BCUT2D eigenvalue weighted by molar-refractivity contribution is -0.274. The van der Waals surface area contributed by atoms with Gasteiger partial charge >= 0.3 is 16.6 Å². The molecule has 0 unspecified atom stereocenters. The smallest absolute Gasteiger partial charge is 0.406 e. The third-order valence-electron chi connectivity index (χ3n) is 1.50. The zero-order valence-corrected chi connectivity index (χ0v) is 8.47. The van der Waals surface area contributed by atoms with E-state index in [0.717, 1.165) is 0 Å². The lowest BCUT2D eigenvalue weighted by Gasteiger charge is -2.40. The lowest BCUT2D eigenvalue weighted by Crippen LogP contribution is -2.17. The van der Waals surface area contributed by atoms with Crippen molar-refractivity contribution in [2.75, 3.05) is 0 Å². The molecule has 0 atom stereocenters. The summed E-state index contributed by atoms with van der Waals surface area (Å²) in [5.74, 6) is -1.01. The van der Waals surface area contributed by atoms with Gasteiger partial charge < -0.3 is 4.74 Å². The number of alkyl halides is 3. The molecule has 1 aromatic rings. The summed E-state index contributed by atoms with van der Waals surface area (Å²) in [6.07, 6.45) is -5.10. The Kier molecular flexibility index (Phi) is 2.43. The van der Waals surface area contributed by atoms with Gasteiger partial charge in [-0.3, -0.25) is 0 Å². The van der Waals surface area contributed by atoms with Crippen LogP contribution in [0.3, 0.4) is 0 Å². The van der Waals surface area contributed by atoms with E-state index >= 15 is 0 Å². The van der Waals surface area contributed by atoms with E-state index in [4.69, 9.17) is 0 Å². The largest absolute Gasteiger partial charge is 0.573 e. The Labute approximate surface area is 89.7 Å². The molecule has 0 spiro atoms. The fourth-order valence-corrected chi connectivity index (χ4v) is 1.55. The minimum atomic E-state index is -9.85. The van der Waals surface area contributed by atoms with E-state index in [9.17, 15) is 32.6 Å². The first-order valence-electron chi connectivity index (χ1n) is 3.77. The van der Waals surface area contributed by atoms with Crippen molar-refractivity contribution in [3.05, 3.63) is 24.3 Å². The SMILES string of the molecule is FC(F)(F)Oc1ccc(S(F)(F)(F)(F)F)cc1. The molecule has 0 fully saturated rings. The standard InChI is InChI=1S/C7H4F8OS/c8-7(9,10)16-5-1-3-6(4-2-5)17(11,12,13,14)15/h1-4H. The highest BCUT2D eigenvalue weighted by atomic mass is 32.5. The summed E-state index contributed by atoms with van der Waals surface area (Å²) in [5.41, 5.74) is 0. The monoisotopic (exact) mass is 288 g/mol. The molecular weight excluding hydrogens is 284 g/mol. The van der Waals surface area contributed by atoms with Crippen LogP contribution in [-0.4, -0.2) is 6.36 Å². The molecule has 0 radical (unpaired) electrons. The highest BCUT2D eigenvalue weighted by molar-refractivity contribution is 8.45. The second kappa shape index (κ2) is 2.98. The molecule has 1 nitrogen and oxygen atoms in total. The zero-order valence-electron chi connectivity index (χ0n) is 7.65. The fraction of sp³-hybridized carbons (Fsp3) is 0.143. The molecule has 0 saturated heterocycles. The molecule has 0 N–H and O–H groups in total. The van der Waals surface area contributed by atoms with Crippen LogP contribution in [0.15, 0.2) is 29.2 Å². The summed E-state index contributed by atoms with van der Waals surface area (Å²) in [6.45, 7) is 0. The van der Waals surface area contributed by atoms with E-state index in [0.29, 0.717) is 0 Å². The zero-order chi connectivity index (χ0) is 13.6. The van der Waals surface area contributed by atoms with Gasteiger partial charge in [-0.15, -0.1) is 13.2 Å². The molecule has 0 aliphatic carbocycles. The number of hydrogen-bond acceptors (Lipinski definition) is 1. The van der Waals surface area contributed by atoms with Crippen LogP contribution in [0.2, 0.25) is 0 Å². The first-order valence-corrected chi connectivity index (χ1v) is 5.72. The Bertz CT molecular complexity index is 415. The van der Waals surface area contributed by atoms with Crippen LogP contribution in [-0.2, 0) is 0 Å². The predicted molar refractivity (Wildman–Crippen MR) is 44.5 cm³/mol.